The molecule has 96 valence electrons. The van der Waals surface area contributed by atoms with Gasteiger partial charge in [0.2, 0.25) is 0 Å². The molecule has 0 radical (unpaired) electrons. The molecule has 1 N–H and O–H groups in total. The molecule has 0 spiro atoms. The van der Waals surface area contributed by atoms with Crippen molar-refractivity contribution in [3.63, 3.8) is 0 Å². The number of benzene rings is 1. The minimum Gasteiger partial charge on any atom is -0.491 e. The lowest BCUT2D eigenvalue weighted by atomic mass is 10.1. The molecule has 0 fully saturated rings. The van der Waals surface area contributed by atoms with Gasteiger partial charge in [-0.1, -0.05) is 25.5 Å². The molecule has 0 aliphatic carbocycles. The van der Waals surface area contributed by atoms with Crippen LogP contribution >= 0.6 is 0 Å². The minimum absolute atomic E-state index is 0.444. The van der Waals surface area contributed by atoms with E-state index in [1.54, 1.807) is 0 Å². The second-order valence-electron chi connectivity index (χ2n) is 4.74. The smallest absolute Gasteiger partial charge is 0.125 e. The van der Waals surface area contributed by atoms with Crippen LogP contribution in [0.4, 0.5) is 0 Å². The van der Waals surface area contributed by atoms with E-state index in [9.17, 15) is 0 Å². The number of ether oxygens (including phenoxy) is 1. The van der Waals surface area contributed by atoms with Crippen molar-refractivity contribution in [3.05, 3.63) is 28.8 Å². The van der Waals surface area contributed by atoms with E-state index in [-0.39, 0.29) is 0 Å². The lowest BCUT2D eigenvalue weighted by molar-refractivity contribution is 0.259. The normalized spacial score (nSPS) is 12.5. The Morgan fingerprint density at radius 1 is 1.18 bits per heavy atom. The van der Waals surface area contributed by atoms with Crippen LogP contribution in [-0.2, 0) is 0 Å². The summed E-state index contributed by atoms with van der Waals surface area (Å²) >= 11 is 0. The Bertz CT molecular complexity index is 360. The van der Waals surface area contributed by atoms with Crippen molar-refractivity contribution < 1.29 is 4.74 Å². The van der Waals surface area contributed by atoms with E-state index in [2.05, 4.69) is 45.1 Å². The zero-order valence-corrected chi connectivity index (χ0v) is 11.8. The molecule has 1 atom stereocenters. The molecule has 0 amide bonds. The number of nitrogens with one attached hydrogen (secondary N) is 1. The van der Waals surface area contributed by atoms with Crippen LogP contribution in [0.5, 0.6) is 5.75 Å². The fourth-order valence-corrected chi connectivity index (χ4v) is 1.99. The van der Waals surface area contributed by atoms with Crippen LogP contribution < -0.4 is 10.1 Å². The number of aryl methyl sites for hydroxylation is 2. The highest BCUT2D eigenvalue weighted by Gasteiger charge is 2.10. The van der Waals surface area contributed by atoms with E-state index in [4.69, 9.17) is 4.74 Å². The van der Waals surface area contributed by atoms with E-state index in [0.717, 1.165) is 18.8 Å². The highest BCUT2D eigenvalue weighted by Crippen LogP contribution is 2.25. The largest absolute Gasteiger partial charge is 0.491 e. The second kappa shape index (κ2) is 6.65. The molecule has 0 aliphatic heterocycles. The third-order valence-corrected chi connectivity index (χ3v) is 3.35. The Labute approximate surface area is 105 Å². The summed E-state index contributed by atoms with van der Waals surface area (Å²) in [6.45, 7) is 9.31. The van der Waals surface area contributed by atoms with E-state index >= 15 is 0 Å². The third-order valence-electron chi connectivity index (χ3n) is 3.35. The summed E-state index contributed by atoms with van der Waals surface area (Å²) in [4.78, 5) is 0. The molecule has 2 nitrogen and oxygen atoms in total. The molecule has 0 aromatic heterocycles. The Balaban J connectivity index is 2.71. The standard InChI is InChI=1S/C15H25NO/c1-6-7-14(16-5)10-17-15-12(3)9-8-11(2)13(15)4/h8-9,14,16H,6-7,10H2,1-5H3. The van der Waals surface area contributed by atoms with Crippen LogP contribution in [0.3, 0.4) is 0 Å². The van der Waals surface area contributed by atoms with Gasteiger partial charge in [0, 0.05) is 6.04 Å². The van der Waals surface area contributed by atoms with Gasteiger partial charge in [0.25, 0.3) is 0 Å². The molecule has 1 unspecified atom stereocenters. The average molecular weight is 235 g/mol. The molecule has 0 saturated heterocycles. The van der Waals surface area contributed by atoms with Gasteiger partial charge in [0.1, 0.15) is 12.4 Å². The Kier molecular flexibility index (Phi) is 5.49. The van der Waals surface area contributed by atoms with Crippen molar-refractivity contribution in [2.24, 2.45) is 0 Å². The summed E-state index contributed by atoms with van der Waals surface area (Å²) in [6, 6.07) is 4.73. The van der Waals surface area contributed by atoms with Crippen molar-refractivity contribution >= 4 is 0 Å². The fourth-order valence-electron chi connectivity index (χ4n) is 1.99. The molecule has 1 aromatic carbocycles. The molecule has 17 heavy (non-hydrogen) atoms. The van der Waals surface area contributed by atoms with Gasteiger partial charge in [-0.2, -0.15) is 0 Å². The molecule has 0 saturated carbocycles. The van der Waals surface area contributed by atoms with Crippen molar-refractivity contribution in [2.75, 3.05) is 13.7 Å². The maximum Gasteiger partial charge on any atom is 0.125 e. The van der Waals surface area contributed by atoms with E-state index in [1.165, 1.54) is 23.1 Å². The van der Waals surface area contributed by atoms with E-state index in [0.29, 0.717) is 6.04 Å². The van der Waals surface area contributed by atoms with Crippen LogP contribution in [0.25, 0.3) is 0 Å². The summed E-state index contributed by atoms with van der Waals surface area (Å²) in [5.41, 5.74) is 3.78. The molecule has 1 aromatic rings. The topological polar surface area (TPSA) is 21.3 Å². The Morgan fingerprint density at radius 3 is 2.41 bits per heavy atom. The van der Waals surface area contributed by atoms with Gasteiger partial charge in [-0.05, 0) is 50.9 Å². The zero-order chi connectivity index (χ0) is 12.8. The van der Waals surface area contributed by atoms with Crippen molar-refractivity contribution in [3.8, 4) is 5.75 Å². The maximum atomic E-state index is 5.99. The van der Waals surface area contributed by atoms with Gasteiger partial charge in [-0.3, -0.25) is 0 Å². The van der Waals surface area contributed by atoms with Crippen molar-refractivity contribution in [1.82, 2.24) is 5.32 Å². The highest BCUT2D eigenvalue weighted by atomic mass is 16.5. The van der Waals surface area contributed by atoms with Crippen molar-refractivity contribution in [1.29, 1.82) is 0 Å². The average Bonchev–Trinajstić information content (AvgIpc) is 2.32. The zero-order valence-electron chi connectivity index (χ0n) is 11.8. The van der Waals surface area contributed by atoms with Crippen LogP contribution in [0, 0.1) is 20.8 Å². The number of hydrogen-bond acceptors (Lipinski definition) is 2. The number of hydrogen-bond donors (Lipinski definition) is 1. The van der Waals surface area contributed by atoms with Gasteiger partial charge in [-0.15, -0.1) is 0 Å². The van der Waals surface area contributed by atoms with Gasteiger partial charge in [0.05, 0.1) is 0 Å². The monoisotopic (exact) mass is 235 g/mol. The summed E-state index contributed by atoms with van der Waals surface area (Å²) in [6.07, 6.45) is 2.33. The minimum atomic E-state index is 0.444. The highest BCUT2D eigenvalue weighted by molar-refractivity contribution is 5.44. The van der Waals surface area contributed by atoms with Crippen LogP contribution in [-0.4, -0.2) is 19.7 Å². The number of rotatable bonds is 6. The summed E-state index contributed by atoms with van der Waals surface area (Å²) in [5.74, 6) is 1.06. The van der Waals surface area contributed by atoms with E-state index in [1.807, 2.05) is 7.05 Å². The molecular formula is C15H25NO. The first-order valence-electron chi connectivity index (χ1n) is 6.47. The fraction of sp³-hybridized carbons (Fsp3) is 0.600. The predicted octanol–water partition coefficient (Wildman–Crippen LogP) is 3.38. The summed E-state index contributed by atoms with van der Waals surface area (Å²) < 4.78 is 5.99. The number of likely N-dealkylation sites (N-methyl/N-ethyl adjacent to an activating group) is 1. The lowest BCUT2D eigenvalue weighted by Gasteiger charge is -2.19. The molecule has 2 heteroatoms. The first-order valence-corrected chi connectivity index (χ1v) is 6.47. The van der Waals surface area contributed by atoms with Gasteiger partial charge >= 0.3 is 0 Å². The molecule has 1 rings (SSSR count). The maximum absolute atomic E-state index is 5.99. The van der Waals surface area contributed by atoms with Gasteiger partial charge in [-0.25, -0.2) is 0 Å². The SMILES string of the molecule is CCCC(COc1c(C)ccc(C)c1C)NC. The van der Waals surface area contributed by atoms with Gasteiger partial charge in [0.15, 0.2) is 0 Å². The Morgan fingerprint density at radius 2 is 1.82 bits per heavy atom. The second-order valence-corrected chi connectivity index (χ2v) is 4.74. The third kappa shape index (κ3) is 3.74. The van der Waals surface area contributed by atoms with Crippen LogP contribution in [0.2, 0.25) is 0 Å². The first-order chi connectivity index (χ1) is 8.10. The predicted molar refractivity (Wildman–Crippen MR) is 73.9 cm³/mol. The van der Waals surface area contributed by atoms with Crippen LogP contribution in [0.1, 0.15) is 36.5 Å². The summed E-state index contributed by atoms with van der Waals surface area (Å²) in [5, 5.41) is 3.30. The van der Waals surface area contributed by atoms with Crippen molar-refractivity contribution in [2.45, 2.75) is 46.6 Å². The van der Waals surface area contributed by atoms with Gasteiger partial charge < -0.3 is 10.1 Å². The Hall–Kier alpha value is -1.02. The summed E-state index contributed by atoms with van der Waals surface area (Å²) in [7, 11) is 2.00. The lowest BCUT2D eigenvalue weighted by Crippen LogP contribution is -2.31. The molecular weight excluding hydrogens is 210 g/mol. The van der Waals surface area contributed by atoms with E-state index < -0.39 is 0 Å². The van der Waals surface area contributed by atoms with Crippen LogP contribution in [0.15, 0.2) is 12.1 Å². The first kappa shape index (κ1) is 14.0. The quantitative estimate of drug-likeness (QED) is 0.816. The molecule has 0 aliphatic rings. The molecule has 0 heterocycles. The molecule has 0 bridgehead atoms.